The van der Waals surface area contributed by atoms with Crippen LogP contribution in [-0.2, 0) is 16.6 Å². The van der Waals surface area contributed by atoms with Crippen LogP contribution in [0.1, 0.15) is 21.1 Å². The molecule has 1 aromatic heterocycles. The summed E-state index contributed by atoms with van der Waals surface area (Å²) < 4.78 is 36.3. The molecule has 3 aromatic rings. The topological polar surface area (TPSA) is 107 Å². The molecule has 1 amide bonds. The Morgan fingerprint density at radius 1 is 1.17 bits per heavy atom. The highest BCUT2D eigenvalue weighted by Crippen LogP contribution is 2.29. The number of thiazole rings is 1. The zero-order valence-electron chi connectivity index (χ0n) is 16.6. The number of nitrogens with zero attached hydrogens (tertiary/aromatic N) is 1. The van der Waals surface area contributed by atoms with E-state index in [0.29, 0.717) is 29.4 Å². The summed E-state index contributed by atoms with van der Waals surface area (Å²) in [5, 5.41) is 5.66. The largest absolute Gasteiger partial charge is 0.495 e. The van der Waals surface area contributed by atoms with Crippen LogP contribution in [0, 0.1) is 6.92 Å². The molecule has 30 heavy (non-hydrogen) atoms. The molecule has 158 valence electrons. The van der Waals surface area contributed by atoms with Gasteiger partial charge in [-0.1, -0.05) is 0 Å². The first-order valence-electron chi connectivity index (χ1n) is 8.84. The molecule has 10 heteroatoms. The van der Waals surface area contributed by atoms with Gasteiger partial charge in [-0.05, 0) is 49.4 Å². The SMILES string of the molecule is COc1ccc(NC(=O)c2ccc(OCc3csc(C)n3)cc2)cc1NS(C)(=O)=O. The average Bonchev–Trinajstić information content (AvgIpc) is 3.11. The van der Waals surface area contributed by atoms with E-state index in [1.807, 2.05) is 12.3 Å². The van der Waals surface area contributed by atoms with Gasteiger partial charge in [-0.25, -0.2) is 13.4 Å². The van der Waals surface area contributed by atoms with E-state index in [-0.39, 0.29) is 11.6 Å². The molecule has 3 rings (SSSR count). The van der Waals surface area contributed by atoms with Crippen molar-refractivity contribution in [1.82, 2.24) is 4.98 Å². The highest BCUT2D eigenvalue weighted by molar-refractivity contribution is 7.92. The number of aryl methyl sites for hydroxylation is 1. The molecule has 0 bridgehead atoms. The molecule has 0 aliphatic carbocycles. The zero-order chi connectivity index (χ0) is 21.7. The predicted octanol–water partition coefficient (Wildman–Crippen LogP) is 3.66. The van der Waals surface area contributed by atoms with Crippen LogP contribution in [0.25, 0.3) is 0 Å². The van der Waals surface area contributed by atoms with E-state index >= 15 is 0 Å². The van der Waals surface area contributed by atoms with Gasteiger partial charge in [0.15, 0.2) is 0 Å². The van der Waals surface area contributed by atoms with Crippen molar-refractivity contribution in [3.05, 3.63) is 64.1 Å². The first-order chi connectivity index (χ1) is 14.2. The summed E-state index contributed by atoms with van der Waals surface area (Å²) in [6.07, 6.45) is 1.04. The van der Waals surface area contributed by atoms with Gasteiger partial charge in [-0.2, -0.15) is 0 Å². The fourth-order valence-electron chi connectivity index (χ4n) is 2.60. The summed E-state index contributed by atoms with van der Waals surface area (Å²) in [5.41, 5.74) is 1.95. The maximum absolute atomic E-state index is 12.5. The van der Waals surface area contributed by atoms with Crippen LogP contribution in [0.4, 0.5) is 11.4 Å². The third-order valence-corrected chi connectivity index (χ3v) is 5.34. The van der Waals surface area contributed by atoms with Gasteiger partial charge in [-0.3, -0.25) is 9.52 Å². The molecule has 0 radical (unpaired) electrons. The summed E-state index contributed by atoms with van der Waals surface area (Å²) >= 11 is 1.56. The lowest BCUT2D eigenvalue weighted by Gasteiger charge is -2.12. The molecule has 2 N–H and O–H groups in total. The molecule has 0 fully saturated rings. The van der Waals surface area contributed by atoms with Gasteiger partial charge >= 0.3 is 0 Å². The normalized spacial score (nSPS) is 11.0. The lowest BCUT2D eigenvalue weighted by Crippen LogP contribution is -2.13. The maximum atomic E-state index is 12.5. The number of hydrogen-bond acceptors (Lipinski definition) is 7. The summed E-state index contributed by atoms with van der Waals surface area (Å²) in [4.78, 5) is 16.9. The predicted molar refractivity (Wildman–Crippen MR) is 117 cm³/mol. The van der Waals surface area contributed by atoms with E-state index in [4.69, 9.17) is 9.47 Å². The first kappa shape index (κ1) is 21.6. The van der Waals surface area contributed by atoms with Gasteiger partial charge in [0.05, 0.1) is 29.8 Å². The molecule has 1 heterocycles. The Bertz CT molecular complexity index is 1140. The molecule has 0 saturated heterocycles. The summed E-state index contributed by atoms with van der Waals surface area (Å²) in [6.45, 7) is 2.29. The van der Waals surface area contributed by atoms with Crippen molar-refractivity contribution in [1.29, 1.82) is 0 Å². The number of ether oxygens (including phenoxy) is 2. The van der Waals surface area contributed by atoms with Crippen molar-refractivity contribution in [2.45, 2.75) is 13.5 Å². The van der Waals surface area contributed by atoms with Gasteiger partial charge in [0.25, 0.3) is 5.91 Å². The van der Waals surface area contributed by atoms with Gasteiger partial charge in [0, 0.05) is 16.6 Å². The first-order valence-corrected chi connectivity index (χ1v) is 11.6. The van der Waals surface area contributed by atoms with Crippen LogP contribution in [0.2, 0.25) is 0 Å². The fourth-order valence-corrected chi connectivity index (χ4v) is 3.76. The number of aromatic nitrogens is 1. The Morgan fingerprint density at radius 3 is 2.50 bits per heavy atom. The number of carbonyl (C=O) groups excluding carboxylic acids is 1. The number of carbonyl (C=O) groups is 1. The summed E-state index contributed by atoms with van der Waals surface area (Å²) in [7, 11) is -2.07. The van der Waals surface area contributed by atoms with E-state index < -0.39 is 10.0 Å². The lowest BCUT2D eigenvalue weighted by atomic mass is 10.2. The summed E-state index contributed by atoms with van der Waals surface area (Å²) in [5.74, 6) is 0.628. The van der Waals surface area contributed by atoms with E-state index in [1.165, 1.54) is 13.2 Å². The lowest BCUT2D eigenvalue weighted by molar-refractivity contribution is 0.102. The minimum Gasteiger partial charge on any atom is -0.495 e. The molecule has 8 nitrogen and oxygen atoms in total. The monoisotopic (exact) mass is 447 g/mol. The van der Waals surface area contributed by atoms with E-state index in [9.17, 15) is 13.2 Å². The second-order valence-electron chi connectivity index (χ2n) is 6.41. The van der Waals surface area contributed by atoms with Crippen molar-refractivity contribution < 1.29 is 22.7 Å². The number of nitrogens with one attached hydrogen (secondary N) is 2. The zero-order valence-corrected chi connectivity index (χ0v) is 18.3. The molecular weight excluding hydrogens is 426 g/mol. The Morgan fingerprint density at radius 2 is 1.90 bits per heavy atom. The van der Waals surface area contributed by atoms with Crippen molar-refractivity contribution in [3.63, 3.8) is 0 Å². The molecule has 0 unspecified atom stereocenters. The number of amides is 1. The molecule has 0 aliphatic heterocycles. The van der Waals surface area contributed by atoms with E-state index in [0.717, 1.165) is 17.0 Å². The minimum absolute atomic E-state index is 0.235. The van der Waals surface area contributed by atoms with Crippen LogP contribution in [0.5, 0.6) is 11.5 Å². The smallest absolute Gasteiger partial charge is 0.255 e. The molecule has 2 aromatic carbocycles. The third kappa shape index (κ3) is 5.94. The van der Waals surface area contributed by atoms with E-state index in [2.05, 4.69) is 15.0 Å². The highest BCUT2D eigenvalue weighted by atomic mass is 32.2. The second kappa shape index (κ2) is 9.14. The van der Waals surface area contributed by atoms with Crippen LogP contribution >= 0.6 is 11.3 Å². The van der Waals surface area contributed by atoms with Gasteiger partial charge in [-0.15, -0.1) is 11.3 Å². The van der Waals surface area contributed by atoms with Crippen LogP contribution in [0.15, 0.2) is 47.8 Å². The average molecular weight is 448 g/mol. The van der Waals surface area contributed by atoms with Crippen LogP contribution in [0.3, 0.4) is 0 Å². The van der Waals surface area contributed by atoms with E-state index in [1.54, 1.807) is 47.7 Å². The maximum Gasteiger partial charge on any atom is 0.255 e. The highest BCUT2D eigenvalue weighted by Gasteiger charge is 2.12. The quantitative estimate of drug-likeness (QED) is 0.546. The summed E-state index contributed by atoms with van der Waals surface area (Å²) in [6, 6.07) is 11.4. The third-order valence-electron chi connectivity index (χ3n) is 3.92. The molecule has 0 spiro atoms. The number of methoxy groups -OCH3 is 1. The number of rotatable bonds is 8. The fraction of sp³-hybridized carbons (Fsp3) is 0.200. The van der Waals surface area contributed by atoms with Crippen LogP contribution < -0.4 is 19.5 Å². The minimum atomic E-state index is -3.50. The van der Waals surface area contributed by atoms with Crippen molar-refractivity contribution >= 4 is 38.6 Å². The number of benzene rings is 2. The van der Waals surface area contributed by atoms with Crippen molar-refractivity contribution in [2.24, 2.45) is 0 Å². The molecular formula is C20H21N3O5S2. The number of sulfonamides is 1. The molecule has 0 atom stereocenters. The second-order valence-corrected chi connectivity index (χ2v) is 9.23. The Labute approximate surface area is 178 Å². The van der Waals surface area contributed by atoms with Crippen LogP contribution in [-0.4, -0.2) is 32.7 Å². The molecule has 0 aliphatic rings. The Balaban J connectivity index is 1.66. The van der Waals surface area contributed by atoms with Gasteiger partial charge < -0.3 is 14.8 Å². The number of anilines is 2. The van der Waals surface area contributed by atoms with Gasteiger partial charge in [0.2, 0.25) is 10.0 Å². The molecule has 0 saturated carbocycles. The van der Waals surface area contributed by atoms with Crippen molar-refractivity contribution in [2.75, 3.05) is 23.4 Å². The number of hydrogen-bond donors (Lipinski definition) is 2. The standard InChI is InChI=1S/C20H21N3O5S2/c1-13-21-16(12-29-13)11-28-17-7-4-14(5-8-17)20(24)22-15-6-9-19(27-2)18(10-15)23-30(3,25)26/h4-10,12,23H,11H2,1-3H3,(H,22,24). The van der Waals surface area contributed by atoms with Crippen molar-refractivity contribution in [3.8, 4) is 11.5 Å². The Hall–Kier alpha value is -3.11. The van der Waals surface area contributed by atoms with Gasteiger partial charge in [0.1, 0.15) is 18.1 Å². The Kier molecular flexibility index (Phi) is 6.58.